The molecule has 1 amide bonds. The number of carbonyl (C=O) groups excluding carboxylic acids is 3. The second-order valence-electron chi connectivity index (χ2n) is 6.87. The van der Waals surface area contributed by atoms with Gasteiger partial charge in [0.25, 0.3) is 5.91 Å². The van der Waals surface area contributed by atoms with E-state index in [9.17, 15) is 14.4 Å². The molecule has 2 rings (SSSR count). The smallest absolute Gasteiger partial charge is 0.328 e. The minimum atomic E-state index is -0.947. The van der Waals surface area contributed by atoms with Crippen LogP contribution in [0.4, 0.5) is 5.82 Å². The van der Waals surface area contributed by atoms with Crippen molar-refractivity contribution in [3.05, 3.63) is 59.8 Å². The van der Waals surface area contributed by atoms with Crippen molar-refractivity contribution < 1.29 is 23.9 Å². The van der Waals surface area contributed by atoms with Gasteiger partial charge in [-0.1, -0.05) is 30.3 Å². The highest BCUT2D eigenvalue weighted by molar-refractivity contribution is 5.96. The fraction of sp³-hybridized carbons (Fsp3) is 0.391. The molecular weight excluding hydrogens is 398 g/mol. The topological polar surface area (TPSA) is 97.8 Å². The predicted molar refractivity (Wildman–Crippen MR) is 117 cm³/mol. The largest absolute Gasteiger partial charge is 0.466 e. The van der Waals surface area contributed by atoms with Crippen LogP contribution in [0.1, 0.15) is 42.6 Å². The van der Waals surface area contributed by atoms with E-state index in [0.29, 0.717) is 17.9 Å². The van der Waals surface area contributed by atoms with Crippen LogP contribution >= 0.6 is 0 Å². The SMILES string of the molecule is CCOC(=O)CC[C@H](NC(=O)c1ccc(N(C)Cc2ccccc2)nc1)C(=O)OCC. The van der Waals surface area contributed by atoms with E-state index < -0.39 is 23.9 Å². The molecular formula is C23H29N3O5. The number of carbonyl (C=O) groups is 3. The van der Waals surface area contributed by atoms with Gasteiger partial charge in [0.15, 0.2) is 0 Å². The Labute approximate surface area is 182 Å². The molecule has 8 nitrogen and oxygen atoms in total. The summed E-state index contributed by atoms with van der Waals surface area (Å²) in [5.41, 5.74) is 1.45. The van der Waals surface area contributed by atoms with Gasteiger partial charge in [-0.3, -0.25) is 9.59 Å². The Morgan fingerprint density at radius 2 is 1.74 bits per heavy atom. The van der Waals surface area contributed by atoms with Crippen LogP contribution in [-0.2, 0) is 25.6 Å². The second-order valence-corrected chi connectivity index (χ2v) is 6.87. The molecule has 8 heteroatoms. The first kappa shape index (κ1) is 23.9. The molecule has 0 aliphatic heterocycles. The number of nitrogens with zero attached hydrogens (tertiary/aromatic N) is 2. The number of rotatable bonds is 11. The maximum atomic E-state index is 12.6. The van der Waals surface area contributed by atoms with Crippen molar-refractivity contribution >= 4 is 23.7 Å². The fourth-order valence-electron chi connectivity index (χ4n) is 2.91. The van der Waals surface area contributed by atoms with E-state index in [0.717, 1.165) is 5.56 Å². The molecule has 1 heterocycles. The highest BCUT2D eigenvalue weighted by Crippen LogP contribution is 2.14. The summed E-state index contributed by atoms with van der Waals surface area (Å²) >= 11 is 0. The lowest BCUT2D eigenvalue weighted by Crippen LogP contribution is -2.42. The van der Waals surface area contributed by atoms with Crippen molar-refractivity contribution in [2.75, 3.05) is 25.2 Å². The Morgan fingerprint density at radius 1 is 1.03 bits per heavy atom. The number of benzene rings is 1. The third kappa shape index (κ3) is 7.73. The summed E-state index contributed by atoms with van der Waals surface area (Å²) in [5.74, 6) is -0.776. The number of aromatic nitrogens is 1. The molecule has 0 spiro atoms. The molecule has 0 radical (unpaired) electrons. The van der Waals surface area contributed by atoms with Gasteiger partial charge in [-0.25, -0.2) is 9.78 Å². The maximum absolute atomic E-state index is 12.6. The van der Waals surface area contributed by atoms with Crippen molar-refractivity contribution in [2.24, 2.45) is 0 Å². The van der Waals surface area contributed by atoms with Gasteiger partial charge >= 0.3 is 11.9 Å². The highest BCUT2D eigenvalue weighted by atomic mass is 16.5. The van der Waals surface area contributed by atoms with Gasteiger partial charge in [0.05, 0.1) is 18.8 Å². The average Bonchev–Trinajstić information content (AvgIpc) is 2.77. The highest BCUT2D eigenvalue weighted by Gasteiger charge is 2.24. The Kier molecular flexibility index (Phi) is 9.48. The number of esters is 2. The lowest BCUT2D eigenvalue weighted by molar-refractivity contribution is -0.146. The first-order valence-corrected chi connectivity index (χ1v) is 10.3. The first-order valence-electron chi connectivity index (χ1n) is 10.3. The van der Waals surface area contributed by atoms with Crippen molar-refractivity contribution in [1.29, 1.82) is 0 Å². The van der Waals surface area contributed by atoms with Crippen LogP contribution in [0.15, 0.2) is 48.7 Å². The van der Waals surface area contributed by atoms with Crippen LogP contribution in [0.5, 0.6) is 0 Å². The average molecular weight is 428 g/mol. The fourth-order valence-corrected chi connectivity index (χ4v) is 2.91. The van der Waals surface area contributed by atoms with Gasteiger partial charge in [0.2, 0.25) is 0 Å². The van der Waals surface area contributed by atoms with Crippen LogP contribution in [0.2, 0.25) is 0 Å². The zero-order valence-electron chi connectivity index (χ0n) is 18.2. The number of pyridine rings is 1. The number of amides is 1. The zero-order chi connectivity index (χ0) is 22.6. The summed E-state index contributed by atoms with van der Waals surface area (Å²) in [6, 6.07) is 12.4. The van der Waals surface area contributed by atoms with Gasteiger partial charge in [-0.15, -0.1) is 0 Å². The summed E-state index contributed by atoms with van der Waals surface area (Å²) in [6.45, 7) is 4.49. The van der Waals surface area contributed by atoms with Gasteiger partial charge in [-0.2, -0.15) is 0 Å². The van der Waals surface area contributed by atoms with Gasteiger partial charge < -0.3 is 19.7 Å². The van der Waals surface area contributed by atoms with Crippen LogP contribution in [0.25, 0.3) is 0 Å². The normalized spacial score (nSPS) is 11.3. The first-order chi connectivity index (χ1) is 14.9. The molecule has 0 saturated heterocycles. The number of ether oxygens (including phenoxy) is 2. The minimum absolute atomic E-state index is 0.000923. The van der Waals surface area contributed by atoms with Crippen molar-refractivity contribution in [2.45, 2.75) is 39.3 Å². The molecule has 0 fully saturated rings. The number of nitrogens with one attached hydrogen (secondary N) is 1. The summed E-state index contributed by atoms with van der Waals surface area (Å²) < 4.78 is 9.89. The minimum Gasteiger partial charge on any atom is -0.466 e. The molecule has 0 aliphatic carbocycles. The lowest BCUT2D eigenvalue weighted by atomic mass is 10.1. The zero-order valence-corrected chi connectivity index (χ0v) is 18.2. The van der Waals surface area contributed by atoms with Crippen molar-refractivity contribution in [1.82, 2.24) is 10.3 Å². The molecule has 166 valence electrons. The molecule has 1 atom stereocenters. The summed E-state index contributed by atoms with van der Waals surface area (Å²) in [4.78, 5) is 42.7. The van der Waals surface area contributed by atoms with Crippen LogP contribution in [0, 0.1) is 0 Å². The second kappa shape index (κ2) is 12.3. The third-order valence-electron chi connectivity index (χ3n) is 4.48. The quantitative estimate of drug-likeness (QED) is 0.551. The van der Waals surface area contributed by atoms with E-state index in [1.165, 1.54) is 6.20 Å². The molecule has 0 bridgehead atoms. The van der Waals surface area contributed by atoms with E-state index in [2.05, 4.69) is 10.3 Å². The van der Waals surface area contributed by atoms with E-state index in [-0.39, 0.29) is 26.1 Å². The molecule has 0 saturated carbocycles. The maximum Gasteiger partial charge on any atom is 0.328 e. The number of hydrogen-bond acceptors (Lipinski definition) is 7. The van der Waals surface area contributed by atoms with E-state index in [4.69, 9.17) is 9.47 Å². The van der Waals surface area contributed by atoms with Crippen LogP contribution in [-0.4, -0.2) is 49.1 Å². The number of hydrogen-bond donors (Lipinski definition) is 1. The van der Waals surface area contributed by atoms with Crippen LogP contribution < -0.4 is 10.2 Å². The van der Waals surface area contributed by atoms with E-state index in [1.54, 1.807) is 26.0 Å². The van der Waals surface area contributed by atoms with E-state index >= 15 is 0 Å². The molecule has 1 aromatic carbocycles. The van der Waals surface area contributed by atoms with Crippen molar-refractivity contribution in [3.8, 4) is 0 Å². The summed E-state index contributed by atoms with van der Waals surface area (Å²) in [6.07, 6.45) is 1.55. The van der Waals surface area contributed by atoms with Gasteiger partial charge in [-0.05, 0) is 38.0 Å². The molecule has 2 aromatic rings. The molecule has 1 N–H and O–H groups in total. The Hall–Kier alpha value is -3.42. The molecule has 31 heavy (non-hydrogen) atoms. The standard InChI is InChI=1S/C23H29N3O5/c1-4-30-21(27)14-12-19(23(29)31-5-2)25-22(28)18-11-13-20(24-15-18)26(3)16-17-9-7-6-8-10-17/h6-11,13,15,19H,4-5,12,14,16H2,1-3H3,(H,25,28)/t19-/m0/s1. The monoisotopic (exact) mass is 427 g/mol. The third-order valence-corrected chi connectivity index (χ3v) is 4.48. The Balaban J connectivity index is 2.00. The van der Waals surface area contributed by atoms with Gasteiger partial charge in [0.1, 0.15) is 11.9 Å². The van der Waals surface area contributed by atoms with Crippen molar-refractivity contribution in [3.63, 3.8) is 0 Å². The molecule has 0 unspecified atom stereocenters. The van der Waals surface area contributed by atoms with Gasteiger partial charge in [0, 0.05) is 26.2 Å². The number of anilines is 1. The van der Waals surface area contributed by atoms with Crippen LogP contribution in [0.3, 0.4) is 0 Å². The predicted octanol–water partition coefficient (Wildman–Crippen LogP) is 2.72. The molecule has 1 aromatic heterocycles. The molecule has 0 aliphatic rings. The van der Waals surface area contributed by atoms with E-state index in [1.807, 2.05) is 42.3 Å². The summed E-state index contributed by atoms with van der Waals surface area (Å²) in [5, 5.41) is 2.63. The Bertz CT molecular complexity index is 855. The Morgan fingerprint density at radius 3 is 2.35 bits per heavy atom. The lowest BCUT2D eigenvalue weighted by Gasteiger charge is -2.19. The summed E-state index contributed by atoms with van der Waals surface area (Å²) in [7, 11) is 1.92.